The van der Waals surface area contributed by atoms with Crippen molar-refractivity contribution in [2.45, 2.75) is 0 Å². The van der Waals surface area contributed by atoms with Gasteiger partial charge in [0.1, 0.15) is 12.4 Å². The summed E-state index contributed by atoms with van der Waals surface area (Å²) in [6, 6.07) is 2.06. The summed E-state index contributed by atoms with van der Waals surface area (Å²) in [5, 5.41) is 8.82. The fourth-order valence-corrected chi connectivity index (χ4v) is 1.31. The topological polar surface area (TPSA) is 29.5 Å². The van der Waals surface area contributed by atoms with Gasteiger partial charge in [-0.25, -0.2) is 8.78 Å². The van der Waals surface area contributed by atoms with E-state index in [-0.39, 0.29) is 13.2 Å². The van der Waals surface area contributed by atoms with Gasteiger partial charge in [-0.3, -0.25) is 0 Å². The van der Waals surface area contributed by atoms with Gasteiger partial charge in [-0.1, -0.05) is 0 Å². The van der Waals surface area contributed by atoms with Crippen LogP contribution in [0.5, 0.6) is 5.75 Å². The minimum absolute atomic E-state index is 0.140. The van der Waals surface area contributed by atoms with Crippen molar-refractivity contribution in [3.63, 3.8) is 0 Å². The first kappa shape index (κ1) is 9.15. The molecule has 0 amide bonds. The lowest BCUT2D eigenvalue weighted by atomic mass is 10.1. The van der Waals surface area contributed by atoms with Gasteiger partial charge in [0, 0.05) is 11.6 Å². The number of aliphatic hydroxyl groups is 1. The lowest BCUT2D eigenvalue weighted by Crippen LogP contribution is -2.10. The summed E-state index contributed by atoms with van der Waals surface area (Å²) < 4.78 is 30.7. The molecular weight excluding hydrogens is 190 g/mol. The van der Waals surface area contributed by atoms with Crippen molar-refractivity contribution >= 4 is 6.08 Å². The molecule has 1 aromatic rings. The van der Waals surface area contributed by atoms with Gasteiger partial charge in [0.25, 0.3) is 0 Å². The lowest BCUT2D eigenvalue weighted by Gasteiger charge is -2.16. The molecular formula is C10H8F2O2. The molecule has 2 rings (SSSR count). The van der Waals surface area contributed by atoms with Gasteiger partial charge >= 0.3 is 0 Å². The molecule has 0 bridgehead atoms. The molecule has 74 valence electrons. The molecule has 0 unspecified atom stereocenters. The first-order chi connectivity index (χ1) is 6.70. The molecule has 0 saturated carbocycles. The van der Waals surface area contributed by atoms with Crippen LogP contribution in [0.2, 0.25) is 0 Å². The molecule has 14 heavy (non-hydrogen) atoms. The predicted molar refractivity (Wildman–Crippen MR) is 46.9 cm³/mol. The van der Waals surface area contributed by atoms with E-state index < -0.39 is 11.6 Å². The highest BCUT2D eigenvalue weighted by molar-refractivity contribution is 5.62. The second-order valence-electron chi connectivity index (χ2n) is 3.05. The number of halogens is 2. The summed E-state index contributed by atoms with van der Waals surface area (Å²) in [6.45, 7) is 0.0764. The van der Waals surface area contributed by atoms with Crippen LogP contribution >= 0.6 is 0 Å². The molecule has 0 radical (unpaired) electrons. The van der Waals surface area contributed by atoms with E-state index in [1.807, 2.05) is 0 Å². The van der Waals surface area contributed by atoms with Gasteiger partial charge in [-0.2, -0.15) is 0 Å². The van der Waals surface area contributed by atoms with E-state index in [0.29, 0.717) is 16.9 Å². The highest BCUT2D eigenvalue weighted by Crippen LogP contribution is 2.28. The minimum Gasteiger partial charge on any atom is -0.488 e. The van der Waals surface area contributed by atoms with Crippen LogP contribution in [0.1, 0.15) is 5.56 Å². The lowest BCUT2D eigenvalue weighted by molar-refractivity contribution is 0.284. The first-order valence-electron chi connectivity index (χ1n) is 4.13. The summed E-state index contributed by atoms with van der Waals surface area (Å²) in [7, 11) is 0. The Hall–Kier alpha value is -1.42. The van der Waals surface area contributed by atoms with Crippen molar-refractivity contribution in [3.05, 3.63) is 34.9 Å². The molecule has 0 spiro atoms. The van der Waals surface area contributed by atoms with E-state index >= 15 is 0 Å². The van der Waals surface area contributed by atoms with Gasteiger partial charge < -0.3 is 9.84 Å². The number of aliphatic hydroxyl groups excluding tert-OH is 1. The zero-order chi connectivity index (χ0) is 10.1. The molecule has 1 aliphatic rings. The molecule has 0 atom stereocenters. The van der Waals surface area contributed by atoms with Crippen LogP contribution in [-0.4, -0.2) is 18.3 Å². The fourth-order valence-electron chi connectivity index (χ4n) is 1.31. The Morgan fingerprint density at radius 1 is 1.29 bits per heavy atom. The maximum atomic E-state index is 12.8. The summed E-state index contributed by atoms with van der Waals surface area (Å²) in [4.78, 5) is 0. The van der Waals surface area contributed by atoms with Crippen molar-refractivity contribution in [1.29, 1.82) is 0 Å². The van der Waals surface area contributed by atoms with Gasteiger partial charge in [0.05, 0.1) is 6.61 Å². The number of benzene rings is 1. The normalized spacial score (nSPS) is 14.4. The average molecular weight is 198 g/mol. The van der Waals surface area contributed by atoms with E-state index in [9.17, 15) is 8.78 Å². The van der Waals surface area contributed by atoms with Crippen LogP contribution < -0.4 is 4.74 Å². The van der Waals surface area contributed by atoms with Crippen LogP contribution in [0.4, 0.5) is 8.78 Å². The van der Waals surface area contributed by atoms with Crippen LogP contribution in [0.3, 0.4) is 0 Å². The second-order valence-corrected chi connectivity index (χ2v) is 3.05. The molecule has 1 aromatic carbocycles. The average Bonchev–Trinajstić information content (AvgIpc) is 2.19. The predicted octanol–water partition coefficient (Wildman–Crippen LogP) is 1.73. The van der Waals surface area contributed by atoms with Crippen LogP contribution in [0.25, 0.3) is 6.08 Å². The Balaban J connectivity index is 2.48. The summed E-state index contributed by atoms with van der Waals surface area (Å²) >= 11 is 0. The Morgan fingerprint density at radius 2 is 2.00 bits per heavy atom. The third-order valence-corrected chi connectivity index (χ3v) is 2.03. The Bertz CT molecular complexity index is 399. The Labute approximate surface area is 79.4 Å². The molecule has 1 heterocycles. The number of hydrogen-bond acceptors (Lipinski definition) is 2. The third-order valence-electron chi connectivity index (χ3n) is 2.03. The smallest absolute Gasteiger partial charge is 0.162 e. The zero-order valence-electron chi connectivity index (χ0n) is 7.26. The van der Waals surface area contributed by atoms with Crippen molar-refractivity contribution in [2.24, 2.45) is 0 Å². The van der Waals surface area contributed by atoms with Gasteiger partial charge in [0.15, 0.2) is 11.6 Å². The van der Waals surface area contributed by atoms with Crippen molar-refractivity contribution in [1.82, 2.24) is 0 Å². The molecule has 0 saturated heterocycles. The van der Waals surface area contributed by atoms with E-state index in [2.05, 4.69) is 0 Å². The Morgan fingerprint density at radius 3 is 2.71 bits per heavy atom. The molecule has 0 fully saturated rings. The SMILES string of the molecule is OCC1=Cc2cc(F)c(F)cc2OC1. The third kappa shape index (κ3) is 1.48. The molecule has 4 heteroatoms. The van der Waals surface area contributed by atoms with E-state index in [1.54, 1.807) is 6.08 Å². The summed E-state index contributed by atoms with van der Waals surface area (Å²) in [5.41, 5.74) is 1.10. The van der Waals surface area contributed by atoms with Gasteiger partial charge in [0.2, 0.25) is 0 Å². The standard InChI is InChI=1S/C10H8F2O2/c11-8-2-7-1-6(4-13)5-14-10(7)3-9(8)12/h1-3,13H,4-5H2. The van der Waals surface area contributed by atoms with E-state index in [1.165, 1.54) is 0 Å². The van der Waals surface area contributed by atoms with Crippen molar-refractivity contribution < 1.29 is 18.6 Å². The zero-order valence-corrected chi connectivity index (χ0v) is 7.26. The van der Waals surface area contributed by atoms with Crippen molar-refractivity contribution in [3.8, 4) is 5.75 Å². The summed E-state index contributed by atoms with van der Waals surface area (Å²) in [5.74, 6) is -1.53. The highest BCUT2D eigenvalue weighted by Gasteiger charge is 2.14. The van der Waals surface area contributed by atoms with Crippen LogP contribution in [-0.2, 0) is 0 Å². The van der Waals surface area contributed by atoms with E-state index in [4.69, 9.17) is 9.84 Å². The quantitative estimate of drug-likeness (QED) is 0.744. The Kier molecular flexibility index (Phi) is 2.21. The maximum Gasteiger partial charge on any atom is 0.162 e. The van der Waals surface area contributed by atoms with Crippen LogP contribution in [0, 0.1) is 11.6 Å². The second kappa shape index (κ2) is 3.38. The van der Waals surface area contributed by atoms with Gasteiger partial charge in [-0.15, -0.1) is 0 Å². The molecule has 1 aliphatic heterocycles. The molecule has 0 aliphatic carbocycles. The fraction of sp³-hybridized carbons (Fsp3) is 0.200. The van der Waals surface area contributed by atoms with E-state index in [0.717, 1.165) is 12.1 Å². The molecule has 0 aromatic heterocycles. The number of ether oxygens (including phenoxy) is 1. The molecule has 1 N–H and O–H groups in total. The van der Waals surface area contributed by atoms with Crippen molar-refractivity contribution in [2.75, 3.05) is 13.2 Å². The monoisotopic (exact) mass is 198 g/mol. The largest absolute Gasteiger partial charge is 0.488 e. The highest BCUT2D eigenvalue weighted by atomic mass is 19.2. The first-order valence-corrected chi connectivity index (χ1v) is 4.13. The minimum atomic E-state index is -0.926. The number of rotatable bonds is 1. The van der Waals surface area contributed by atoms with Crippen LogP contribution in [0.15, 0.2) is 17.7 Å². The summed E-state index contributed by atoms with van der Waals surface area (Å²) in [6.07, 6.45) is 1.60. The number of fused-ring (bicyclic) bond motifs is 1. The maximum absolute atomic E-state index is 12.8. The molecule has 2 nitrogen and oxygen atoms in total. The van der Waals surface area contributed by atoms with Gasteiger partial charge in [-0.05, 0) is 17.7 Å². The number of hydrogen-bond donors (Lipinski definition) is 1.